The molecule has 0 aliphatic carbocycles. The van der Waals surface area contributed by atoms with Gasteiger partial charge in [-0.25, -0.2) is 4.39 Å². The maximum absolute atomic E-state index is 12.9. The Hall–Kier alpha value is -0.610. The van der Waals surface area contributed by atoms with E-state index in [-0.39, 0.29) is 11.9 Å². The number of rotatable bonds is 6. The SMILES string of the molecule is CCC(CNC(C)C)Oc1ccc(F)cc1Br. The second-order valence-corrected chi connectivity index (χ2v) is 5.14. The van der Waals surface area contributed by atoms with Crippen molar-refractivity contribution in [3.8, 4) is 5.75 Å². The van der Waals surface area contributed by atoms with E-state index in [0.717, 1.165) is 13.0 Å². The molecule has 1 aromatic carbocycles. The van der Waals surface area contributed by atoms with Crippen LogP contribution in [0.25, 0.3) is 0 Å². The zero-order valence-corrected chi connectivity index (χ0v) is 12.1. The van der Waals surface area contributed by atoms with Crippen LogP contribution in [0.4, 0.5) is 4.39 Å². The van der Waals surface area contributed by atoms with Gasteiger partial charge in [-0.1, -0.05) is 20.8 Å². The highest BCUT2D eigenvalue weighted by Crippen LogP contribution is 2.26. The van der Waals surface area contributed by atoms with E-state index >= 15 is 0 Å². The average Bonchev–Trinajstić information content (AvgIpc) is 2.26. The second kappa shape index (κ2) is 6.97. The van der Waals surface area contributed by atoms with Crippen molar-refractivity contribution in [2.45, 2.75) is 39.3 Å². The van der Waals surface area contributed by atoms with Gasteiger partial charge in [0.05, 0.1) is 4.47 Å². The Morgan fingerprint density at radius 1 is 1.41 bits per heavy atom. The minimum atomic E-state index is -0.266. The van der Waals surface area contributed by atoms with Crippen molar-refractivity contribution < 1.29 is 9.13 Å². The maximum Gasteiger partial charge on any atom is 0.134 e. The molecule has 0 heterocycles. The fourth-order valence-corrected chi connectivity index (χ4v) is 1.83. The summed E-state index contributed by atoms with van der Waals surface area (Å²) >= 11 is 3.30. The van der Waals surface area contributed by atoms with Crippen molar-refractivity contribution >= 4 is 15.9 Å². The molecule has 1 atom stereocenters. The second-order valence-electron chi connectivity index (χ2n) is 4.29. The topological polar surface area (TPSA) is 21.3 Å². The van der Waals surface area contributed by atoms with Crippen LogP contribution in [0, 0.1) is 5.82 Å². The summed E-state index contributed by atoms with van der Waals surface area (Å²) in [5, 5.41) is 3.33. The van der Waals surface area contributed by atoms with Crippen molar-refractivity contribution in [1.29, 1.82) is 0 Å². The lowest BCUT2D eigenvalue weighted by atomic mass is 10.2. The molecular weight excluding hydrogens is 285 g/mol. The Kier molecular flexibility index (Phi) is 5.92. The van der Waals surface area contributed by atoms with Gasteiger partial charge in [-0.05, 0) is 40.5 Å². The number of hydrogen-bond donors (Lipinski definition) is 1. The molecule has 0 saturated carbocycles. The van der Waals surface area contributed by atoms with Crippen LogP contribution in [-0.2, 0) is 0 Å². The Morgan fingerprint density at radius 3 is 2.65 bits per heavy atom. The first kappa shape index (κ1) is 14.5. The quantitative estimate of drug-likeness (QED) is 0.864. The predicted octanol–water partition coefficient (Wildman–Crippen LogP) is 3.74. The predicted molar refractivity (Wildman–Crippen MR) is 71.9 cm³/mol. The summed E-state index contributed by atoms with van der Waals surface area (Å²) in [4.78, 5) is 0. The molecule has 96 valence electrons. The van der Waals surface area contributed by atoms with E-state index in [1.807, 2.05) is 0 Å². The molecule has 17 heavy (non-hydrogen) atoms. The van der Waals surface area contributed by atoms with Crippen molar-refractivity contribution in [2.24, 2.45) is 0 Å². The van der Waals surface area contributed by atoms with Gasteiger partial charge in [0.2, 0.25) is 0 Å². The first-order valence-corrected chi connectivity index (χ1v) is 6.67. The van der Waals surface area contributed by atoms with Crippen molar-refractivity contribution in [3.63, 3.8) is 0 Å². The van der Waals surface area contributed by atoms with Crippen molar-refractivity contribution in [1.82, 2.24) is 5.32 Å². The molecule has 2 nitrogen and oxygen atoms in total. The van der Waals surface area contributed by atoms with Gasteiger partial charge < -0.3 is 10.1 Å². The molecule has 1 rings (SSSR count). The Bertz CT molecular complexity index is 357. The highest BCUT2D eigenvalue weighted by molar-refractivity contribution is 9.10. The van der Waals surface area contributed by atoms with Gasteiger partial charge in [0, 0.05) is 12.6 Å². The number of nitrogens with one attached hydrogen (secondary N) is 1. The molecule has 0 amide bonds. The summed E-state index contributed by atoms with van der Waals surface area (Å²) in [5.74, 6) is 0.418. The molecule has 0 radical (unpaired) electrons. The summed E-state index contributed by atoms with van der Waals surface area (Å²) in [6.45, 7) is 7.06. The van der Waals surface area contributed by atoms with Crippen LogP contribution < -0.4 is 10.1 Å². The van der Waals surface area contributed by atoms with E-state index in [2.05, 4.69) is 42.0 Å². The monoisotopic (exact) mass is 303 g/mol. The summed E-state index contributed by atoms with van der Waals surface area (Å²) in [5.41, 5.74) is 0. The van der Waals surface area contributed by atoms with Crippen LogP contribution in [0.5, 0.6) is 5.75 Å². The van der Waals surface area contributed by atoms with Crippen LogP contribution in [0.1, 0.15) is 27.2 Å². The lowest BCUT2D eigenvalue weighted by molar-refractivity contribution is 0.188. The number of halogens is 2. The minimum absolute atomic E-state index is 0.0964. The van der Waals surface area contributed by atoms with E-state index in [4.69, 9.17) is 4.74 Å². The summed E-state index contributed by atoms with van der Waals surface area (Å²) in [6, 6.07) is 4.90. The molecule has 1 N–H and O–H groups in total. The molecule has 0 spiro atoms. The molecule has 4 heteroatoms. The van der Waals surface area contributed by atoms with E-state index in [9.17, 15) is 4.39 Å². The largest absolute Gasteiger partial charge is 0.488 e. The third kappa shape index (κ3) is 5.04. The zero-order chi connectivity index (χ0) is 12.8. The van der Waals surface area contributed by atoms with Gasteiger partial charge in [-0.2, -0.15) is 0 Å². The zero-order valence-electron chi connectivity index (χ0n) is 10.5. The Labute approximate surface area is 111 Å². The van der Waals surface area contributed by atoms with Gasteiger partial charge in [0.15, 0.2) is 0 Å². The fourth-order valence-electron chi connectivity index (χ4n) is 1.39. The molecular formula is C13H19BrFNO. The summed E-state index contributed by atoms with van der Waals surface area (Å²) < 4.78 is 19.4. The number of hydrogen-bond acceptors (Lipinski definition) is 2. The van der Waals surface area contributed by atoms with Crippen LogP contribution in [0.2, 0.25) is 0 Å². The van der Waals surface area contributed by atoms with Gasteiger partial charge >= 0.3 is 0 Å². The lowest BCUT2D eigenvalue weighted by Crippen LogP contribution is -2.34. The summed E-state index contributed by atoms with van der Waals surface area (Å²) in [7, 11) is 0. The highest BCUT2D eigenvalue weighted by Gasteiger charge is 2.11. The van der Waals surface area contributed by atoms with Crippen molar-refractivity contribution in [3.05, 3.63) is 28.5 Å². The van der Waals surface area contributed by atoms with Crippen LogP contribution in [0.15, 0.2) is 22.7 Å². The fraction of sp³-hybridized carbons (Fsp3) is 0.538. The lowest BCUT2D eigenvalue weighted by Gasteiger charge is -2.20. The molecule has 0 saturated heterocycles. The van der Waals surface area contributed by atoms with Gasteiger partial charge in [0.25, 0.3) is 0 Å². The smallest absolute Gasteiger partial charge is 0.134 e. The van der Waals surface area contributed by atoms with E-state index in [1.54, 1.807) is 6.07 Å². The molecule has 0 bridgehead atoms. The average molecular weight is 304 g/mol. The Morgan fingerprint density at radius 2 is 2.12 bits per heavy atom. The van der Waals surface area contributed by atoms with E-state index in [0.29, 0.717) is 16.3 Å². The normalized spacial score (nSPS) is 12.8. The maximum atomic E-state index is 12.9. The molecule has 0 aliphatic heterocycles. The van der Waals surface area contributed by atoms with Gasteiger partial charge in [-0.3, -0.25) is 0 Å². The molecule has 1 unspecified atom stereocenters. The number of benzene rings is 1. The van der Waals surface area contributed by atoms with Crippen LogP contribution in [-0.4, -0.2) is 18.7 Å². The molecule has 1 aromatic rings. The van der Waals surface area contributed by atoms with Gasteiger partial charge in [-0.15, -0.1) is 0 Å². The molecule has 0 fully saturated rings. The first-order chi connectivity index (χ1) is 8.02. The Balaban J connectivity index is 2.60. The van der Waals surface area contributed by atoms with Crippen LogP contribution in [0.3, 0.4) is 0 Å². The van der Waals surface area contributed by atoms with E-state index in [1.165, 1.54) is 12.1 Å². The van der Waals surface area contributed by atoms with E-state index < -0.39 is 0 Å². The molecule has 0 aliphatic rings. The van der Waals surface area contributed by atoms with Gasteiger partial charge in [0.1, 0.15) is 17.7 Å². The minimum Gasteiger partial charge on any atom is -0.488 e. The third-order valence-corrected chi connectivity index (χ3v) is 3.02. The number of ether oxygens (including phenoxy) is 1. The standard InChI is InChI=1S/C13H19BrFNO/c1-4-11(8-16-9(2)3)17-13-6-5-10(15)7-12(13)14/h5-7,9,11,16H,4,8H2,1-3H3. The summed E-state index contributed by atoms with van der Waals surface area (Å²) in [6.07, 6.45) is 1.00. The highest BCUT2D eigenvalue weighted by atomic mass is 79.9. The third-order valence-electron chi connectivity index (χ3n) is 2.40. The van der Waals surface area contributed by atoms with Crippen LogP contribution >= 0.6 is 15.9 Å². The molecule has 0 aromatic heterocycles. The van der Waals surface area contributed by atoms with Crippen molar-refractivity contribution in [2.75, 3.05) is 6.54 Å². The first-order valence-electron chi connectivity index (χ1n) is 5.88.